The maximum absolute atomic E-state index is 11.9. The van der Waals surface area contributed by atoms with Gasteiger partial charge < -0.3 is 14.2 Å². The van der Waals surface area contributed by atoms with Crippen LogP contribution in [-0.4, -0.2) is 41.5 Å². The van der Waals surface area contributed by atoms with Gasteiger partial charge in [-0.05, 0) is 62.1 Å². The molecule has 1 saturated carbocycles. The van der Waals surface area contributed by atoms with Gasteiger partial charge in [-0.1, -0.05) is 42.5 Å². The predicted molar refractivity (Wildman–Crippen MR) is 141 cm³/mol. The van der Waals surface area contributed by atoms with Crippen molar-refractivity contribution < 1.29 is 33.4 Å². The van der Waals surface area contributed by atoms with Crippen LogP contribution in [0.1, 0.15) is 77.7 Å². The molecule has 7 nitrogen and oxygen atoms in total. The zero-order valence-electron chi connectivity index (χ0n) is 22.0. The number of esters is 3. The third kappa shape index (κ3) is 11.9. The van der Waals surface area contributed by atoms with E-state index in [2.05, 4.69) is 0 Å². The van der Waals surface area contributed by atoms with Gasteiger partial charge in [0.05, 0.1) is 0 Å². The lowest BCUT2D eigenvalue weighted by molar-refractivity contribution is -0.149. The Balaban J connectivity index is 2.12. The lowest BCUT2D eigenvalue weighted by Gasteiger charge is -2.27. The lowest BCUT2D eigenvalue weighted by Crippen LogP contribution is -2.28. The number of unbranched alkanes of at least 4 members (excludes halogenated alkanes) is 1. The first-order chi connectivity index (χ1) is 17.7. The van der Waals surface area contributed by atoms with Gasteiger partial charge in [0.2, 0.25) is 5.24 Å². The van der Waals surface area contributed by atoms with Crippen molar-refractivity contribution in [2.45, 2.75) is 96.9 Å². The number of halogens is 1. The zero-order valence-corrected chi connectivity index (χ0v) is 22.8. The van der Waals surface area contributed by atoms with E-state index in [9.17, 15) is 19.2 Å². The number of hydrogen-bond acceptors (Lipinski definition) is 7. The Morgan fingerprint density at radius 3 is 2.16 bits per heavy atom. The second kappa shape index (κ2) is 16.2. The van der Waals surface area contributed by atoms with Crippen LogP contribution >= 0.6 is 11.6 Å². The summed E-state index contributed by atoms with van der Waals surface area (Å²) < 4.78 is 16.9. The standard InChI is InChI=1S/C29H39ClO7/c1-20(31)35-24(16-15-23-11-7-6-8-12-23)17-18-26-25(13-9-4-5-10-14-29(30)34)27(36-21(2)32)19-28(26)37-22(3)33/h4,6-9,11-12,24-28H,5,10,13-19H2,1-3H3/b9-4-/t24-,25-,26-,27+,28-/m1/s1. The van der Waals surface area contributed by atoms with E-state index in [-0.39, 0.29) is 53.3 Å². The second-order valence-electron chi connectivity index (χ2n) is 9.65. The summed E-state index contributed by atoms with van der Waals surface area (Å²) in [6.07, 6.45) is 8.51. The summed E-state index contributed by atoms with van der Waals surface area (Å²) in [7, 11) is 0. The minimum Gasteiger partial charge on any atom is -0.463 e. The number of allylic oxidation sites excluding steroid dienone is 2. The summed E-state index contributed by atoms with van der Waals surface area (Å²) in [5, 5.41) is -0.349. The molecule has 0 aliphatic heterocycles. The largest absolute Gasteiger partial charge is 0.463 e. The SMILES string of the molecule is CC(=O)O[C@H](CCc1ccccc1)CC[C@@H]1[C@@H](C/C=C\CCCC(=O)Cl)[C@@H](OC(C)=O)C[C@H]1OC(C)=O. The average molecular weight is 535 g/mol. The molecule has 0 N–H and O–H groups in total. The quantitative estimate of drug-likeness (QED) is 0.0934. The molecule has 0 unspecified atom stereocenters. The van der Waals surface area contributed by atoms with E-state index in [1.54, 1.807) is 0 Å². The van der Waals surface area contributed by atoms with E-state index in [1.807, 2.05) is 42.5 Å². The van der Waals surface area contributed by atoms with Crippen molar-refractivity contribution >= 4 is 34.8 Å². The summed E-state index contributed by atoms with van der Waals surface area (Å²) in [6.45, 7) is 4.17. The molecule has 0 heterocycles. The highest BCUT2D eigenvalue weighted by atomic mass is 35.5. The molecular weight excluding hydrogens is 496 g/mol. The van der Waals surface area contributed by atoms with Crippen molar-refractivity contribution in [1.29, 1.82) is 0 Å². The molecule has 37 heavy (non-hydrogen) atoms. The normalized spacial score (nSPS) is 21.9. The number of hydrogen-bond donors (Lipinski definition) is 0. The molecule has 0 spiro atoms. The number of carbonyl (C=O) groups is 4. The van der Waals surface area contributed by atoms with Gasteiger partial charge in [0.25, 0.3) is 0 Å². The Hall–Kier alpha value is -2.67. The molecule has 0 amide bonds. The van der Waals surface area contributed by atoms with Crippen molar-refractivity contribution in [3.05, 3.63) is 48.0 Å². The van der Waals surface area contributed by atoms with Crippen LogP contribution in [0.25, 0.3) is 0 Å². The third-order valence-electron chi connectivity index (χ3n) is 6.68. The molecule has 0 aromatic heterocycles. The number of ether oxygens (including phenoxy) is 3. The molecular formula is C29H39ClO7. The predicted octanol–water partition coefficient (Wildman–Crippen LogP) is 5.71. The molecule has 1 aliphatic rings. The van der Waals surface area contributed by atoms with Gasteiger partial charge in [-0.25, -0.2) is 0 Å². The Kier molecular flexibility index (Phi) is 13.4. The van der Waals surface area contributed by atoms with Crippen LogP contribution in [0.2, 0.25) is 0 Å². The molecule has 0 bridgehead atoms. The monoisotopic (exact) mass is 534 g/mol. The van der Waals surface area contributed by atoms with Gasteiger partial charge >= 0.3 is 17.9 Å². The lowest BCUT2D eigenvalue weighted by atomic mass is 9.85. The first-order valence-electron chi connectivity index (χ1n) is 13.0. The molecule has 1 aromatic carbocycles. The van der Waals surface area contributed by atoms with Gasteiger partial charge in [0.15, 0.2) is 0 Å². The third-order valence-corrected chi connectivity index (χ3v) is 6.86. The highest BCUT2D eigenvalue weighted by Gasteiger charge is 2.46. The summed E-state index contributed by atoms with van der Waals surface area (Å²) >= 11 is 5.40. The Morgan fingerprint density at radius 2 is 1.57 bits per heavy atom. The second-order valence-corrected chi connectivity index (χ2v) is 10.1. The van der Waals surface area contributed by atoms with Crippen LogP contribution in [-0.2, 0) is 39.8 Å². The van der Waals surface area contributed by atoms with E-state index < -0.39 is 0 Å². The zero-order chi connectivity index (χ0) is 27.2. The number of benzene rings is 1. The molecule has 2 rings (SSSR count). The van der Waals surface area contributed by atoms with Crippen LogP contribution in [0, 0.1) is 11.8 Å². The molecule has 1 fully saturated rings. The van der Waals surface area contributed by atoms with Gasteiger partial charge in [-0.2, -0.15) is 0 Å². The van der Waals surface area contributed by atoms with E-state index in [0.29, 0.717) is 44.9 Å². The molecule has 1 aliphatic carbocycles. The molecule has 5 atom stereocenters. The van der Waals surface area contributed by atoms with Crippen molar-refractivity contribution in [3.8, 4) is 0 Å². The highest BCUT2D eigenvalue weighted by Crippen LogP contribution is 2.42. The fourth-order valence-corrected chi connectivity index (χ4v) is 5.27. The van der Waals surface area contributed by atoms with E-state index in [1.165, 1.54) is 26.3 Å². The molecule has 0 saturated heterocycles. The summed E-state index contributed by atoms with van der Waals surface area (Å²) in [4.78, 5) is 46.4. The summed E-state index contributed by atoms with van der Waals surface area (Å²) in [6, 6.07) is 10.0. The topological polar surface area (TPSA) is 96.0 Å². The number of aryl methyl sites for hydroxylation is 1. The molecule has 0 radical (unpaired) electrons. The van der Waals surface area contributed by atoms with Gasteiger partial charge in [0.1, 0.15) is 18.3 Å². The maximum atomic E-state index is 11.9. The van der Waals surface area contributed by atoms with Crippen molar-refractivity contribution in [2.24, 2.45) is 11.8 Å². The van der Waals surface area contributed by atoms with Crippen molar-refractivity contribution in [1.82, 2.24) is 0 Å². The van der Waals surface area contributed by atoms with Crippen LogP contribution in [0.15, 0.2) is 42.5 Å². The average Bonchev–Trinajstić information content (AvgIpc) is 3.12. The number of rotatable bonds is 15. The van der Waals surface area contributed by atoms with Crippen LogP contribution in [0.5, 0.6) is 0 Å². The number of carbonyl (C=O) groups excluding carboxylic acids is 4. The minimum atomic E-state index is -0.388. The first kappa shape index (κ1) is 30.6. The maximum Gasteiger partial charge on any atom is 0.302 e. The highest BCUT2D eigenvalue weighted by molar-refractivity contribution is 6.63. The van der Waals surface area contributed by atoms with Crippen LogP contribution in [0.4, 0.5) is 0 Å². The fourth-order valence-electron chi connectivity index (χ4n) is 5.13. The molecule has 1 aromatic rings. The van der Waals surface area contributed by atoms with Gasteiger partial charge in [-0.3, -0.25) is 19.2 Å². The Morgan fingerprint density at radius 1 is 0.919 bits per heavy atom. The fraction of sp³-hybridized carbons (Fsp3) is 0.586. The van der Waals surface area contributed by atoms with E-state index >= 15 is 0 Å². The van der Waals surface area contributed by atoms with E-state index in [4.69, 9.17) is 25.8 Å². The Bertz CT molecular complexity index is 914. The Labute approximate surface area is 224 Å². The summed E-state index contributed by atoms with van der Waals surface area (Å²) in [5.74, 6) is -1.18. The van der Waals surface area contributed by atoms with Crippen LogP contribution < -0.4 is 0 Å². The molecule has 204 valence electrons. The molecule has 8 heteroatoms. The van der Waals surface area contributed by atoms with Crippen molar-refractivity contribution in [2.75, 3.05) is 0 Å². The van der Waals surface area contributed by atoms with E-state index in [0.717, 1.165) is 12.8 Å². The van der Waals surface area contributed by atoms with Crippen LogP contribution in [0.3, 0.4) is 0 Å². The summed E-state index contributed by atoms with van der Waals surface area (Å²) in [5.41, 5.74) is 1.17. The first-order valence-corrected chi connectivity index (χ1v) is 13.4. The minimum absolute atomic E-state index is 0.0498. The van der Waals surface area contributed by atoms with Gasteiger partial charge in [0, 0.05) is 45.4 Å². The van der Waals surface area contributed by atoms with Gasteiger partial charge in [-0.15, -0.1) is 0 Å². The smallest absolute Gasteiger partial charge is 0.302 e. The van der Waals surface area contributed by atoms with Crippen molar-refractivity contribution in [3.63, 3.8) is 0 Å².